The van der Waals surface area contributed by atoms with Gasteiger partial charge >= 0.3 is 5.97 Å². The molecule has 3 atom stereocenters. The first-order valence-electron chi connectivity index (χ1n) is 6.69. The second-order valence-electron chi connectivity index (χ2n) is 6.19. The third-order valence-corrected chi connectivity index (χ3v) is 4.25. The van der Waals surface area contributed by atoms with Gasteiger partial charge in [0.05, 0.1) is 23.6 Å². The molecule has 1 amide bonds. The van der Waals surface area contributed by atoms with Gasteiger partial charge in [-0.15, -0.1) is 0 Å². The maximum Gasteiger partial charge on any atom is 0.307 e. The number of carbonyl (C=O) groups is 2. The normalized spacial score (nSPS) is 25.1. The van der Waals surface area contributed by atoms with E-state index in [2.05, 4.69) is 10.4 Å². The second-order valence-corrected chi connectivity index (χ2v) is 6.19. The molecule has 6 nitrogen and oxygen atoms in total. The molecule has 1 fully saturated rings. The van der Waals surface area contributed by atoms with Crippen LogP contribution in [0.2, 0.25) is 0 Å². The number of hydrogen-bond acceptors (Lipinski definition) is 3. The molecule has 1 aromatic rings. The lowest BCUT2D eigenvalue weighted by molar-refractivity contribution is -0.140. The zero-order valence-electron chi connectivity index (χ0n) is 12.5. The van der Waals surface area contributed by atoms with E-state index in [1.54, 1.807) is 4.68 Å². The maximum atomic E-state index is 12.2. The van der Waals surface area contributed by atoms with Gasteiger partial charge < -0.3 is 10.4 Å². The van der Waals surface area contributed by atoms with Crippen molar-refractivity contribution in [2.45, 2.75) is 33.7 Å². The van der Waals surface area contributed by atoms with E-state index in [1.165, 1.54) is 0 Å². The van der Waals surface area contributed by atoms with Gasteiger partial charge in [-0.05, 0) is 19.3 Å². The van der Waals surface area contributed by atoms with Crippen LogP contribution in [0.5, 0.6) is 0 Å². The molecule has 2 rings (SSSR count). The van der Waals surface area contributed by atoms with Crippen molar-refractivity contribution >= 4 is 11.9 Å². The second kappa shape index (κ2) is 4.61. The number of carbonyl (C=O) groups excluding carboxylic acids is 1. The van der Waals surface area contributed by atoms with Crippen LogP contribution in [-0.2, 0) is 16.6 Å². The predicted molar refractivity (Wildman–Crippen MR) is 72.9 cm³/mol. The van der Waals surface area contributed by atoms with E-state index in [4.69, 9.17) is 5.11 Å². The minimum Gasteiger partial charge on any atom is -0.481 e. The largest absolute Gasteiger partial charge is 0.481 e. The van der Waals surface area contributed by atoms with Crippen molar-refractivity contribution in [2.24, 2.45) is 24.3 Å². The van der Waals surface area contributed by atoms with Crippen LogP contribution >= 0.6 is 0 Å². The van der Waals surface area contributed by atoms with Crippen molar-refractivity contribution in [1.82, 2.24) is 15.1 Å². The minimum atomic E-state index is -0.902. The third kappa shape index (κ3) is 2.30. The predicted octanol–water partition coefficient (Wildman–Crippen LogP) is 1.26. The first-order chi connectivity index (χ1) is 9.16. The Hall–Kier alpha value is -1.85. The summed E-state index contributed by atoms with van der Waals surface area (Å²) in [5.74, 6) is -2.15. The molecule has 1 heterocycles. The van der Waals surface area contributed by atoms with Gasteiger partial charge in [-0.3, -0.25) is 14.3 Å². The van der Waals surface area contributed by atoms with Gasteiger partial charge in [-0.2, -0.15) is 5.10 Å². The smallest absolute Gasteiger partial charge is 0.307 e. The SMILES string of the molecule is Cc1nn(C)cc1C(C)NC(=O)[C@@H]1[C@H](C(=O)O)C1(C)C. The van der Waals surface area contributed by atoms with Crippen LogP contribution in [-0.4, -0.2) is 26.8 Å². The molecule has 0 spiro atoms. The standard InChI is InChI=1S/C14H21N3O3/c1-7(9-6-17(5)16-8(9)2)15-12(18)10-11(13(19)20)14(10,3)4/h6-7,10-11H,1-5H3,(H,15,18)(H,19,20)/t7?,10-,11+/m0/s1. The van der Waals surface area contributed by atoms with E-state index in [9.17, 15) is 9.59 Å². The van der Waals surface area contributed by atoms with E-state index in [0.29, 0.717) is 0 Å². The highest BCUT2D eigenvalue weighted by Crippen LogP contribution is 2.58. The van der Waals surface area contributed by atoms with Gasteiger partial charge in [-0.1, -0.05) is 13.8 Å². The van der Waals surface area contributed by atoms with Gasteiger partial charge in [-0.25, -0.2) is 0 Å². The summed E-state index contributed by atoms with van der Waals surface area (Å²) in [6.07, 6.45) is 1.87. The number of aliphatic carboxylic acids is 1. The molecule has 1 aliphatic rings. The summed E-state index contributed by atoms with van der Waals surface area (Å²) in [4.78, 5) is 23.3. The number of rotatable bonds is 4. The average molecular weight is 279 g/mol. The fraction of sp³-hybridized carbons (Fsp3) is 0.643. The first-order valence-corrected chi connectivity index (χ1v) is 6.69. The Balaban J connectivity index is 2.06. The Labute approximate surface area is 118 Å². The van der Waals surface area contributed by atoms with Crippen LogP contribution < -0.4 is 5.32 Å². The van der Waals surface area contributed by atoms with Crippen molar-refractivity contribution in [3.63, 3.8) is 0 Å². The van der Waals surface area contributed by atoms with Crippen LogP contribution in [0, 0.1) is 24.2 Å². The van der Waals surface area contributed by atoms with Crippen molar-refractivity contribution < 1.29 is 14.7 Å². The number of nitrogens with zero attached hydrogens (tertiary/aromatic N) is 2. The Bertz CT molecular complexity index is 562. The Kier molecular flexibility index (Phi) is 3.36. The van der Waals surface area contributed by atoms with E-state index >= 15 is 0 Å². The Morgan fingerprint density at radius 3 is 2.45 bits per heavy atom. The highest BCUT2D eigenvalue weighted by molar-refractivity contribution is 5.91. The van der Waals surface area contributed by atoms with Gasteiger partial charge in [0.25, 0.3) is 0 Å². The molecule has 0 aromatic carbocycles. The molecular weight excluding hydrogens is 258 g/mol. The van der Waals surface area contributed by atoms with Gasteiger partial charge in [0, 0.05) is 18.8 Å². The van der Waals surface area contributed by atoms with Crippen molar-refractivity contribution in [1.29, 1.82) is 0 Å². The summed E-state index contributed by atoms with van der Waals surface area (Å²) in [6, 6.07) is -0.179. The first kappa shape index (κ1) is 14.6. The Morgan fingerprint density at radius 1 is 1.45 bits per heavy atom. The zero-order chi connectivity index (χ0) is 15.2. The average Bonchev–Trinajstić information content (AvgIpc) is 2.72. The highest BCUT2D eigenvalue weighted by atomic mass is 16.4. The molecule has 0 saturated heterocycles. The van der Waals surface area contributed by atoms with Crippen molar-refractivity contribution in [3.8, 4) is 0 Å². The summed E-state index contributed by atoms with van der Waals surface area (Å²) in [5, 5.41) is 16.3. The molecular formula is C14H21N3O3. The summed E-state index contributed by atoms with van der Waals surface area (Å²) >= 11 is 0. The number of carboxylic acids is 1. The lowest BCUT2D eigenvalue weighted by Gasteiger charge is -2.13. The highest BCUT2D eigenvalue weighted by Gasteiger charge is 2.65. The summed E-state index contributed by atoms with van der Waals surface area (Å²) in [5.41, 5.74) is 1.34. The number of hydrogen-bond donors (Lipinski definition) is 2. The third-order valence-electron chi connectivity index (χ3n) is 4.25. The van der Waals surface area contributed by atoms with Crippen molar-refractivity contribution in [2.75, 3.05) is 0 Å². The quantitative estimate of drug-likeness (QED) is 0.869. The molecule has 6 heteroatoms. The van der Waals surface area contributed by atoms with Crippen LogP contribution in [0.3, 0.4) is 0 Å². The molecule has 20 heavy (non-hydrogen) atoms. The van der Waals surface area contributed by atoms with Crippen LogP contribution in [0.4, 0.5) is 0 Å². The number of nitrogens with one attached hydrogen (secondary N) is 1. The van der Waals surface area contributed by atoms with E-state index in [0.717, 1.165) is 11.3 Å². The van der Waals surface area contributed by atoms with Gasteiger partial charge in [0.2, 0.25) is 5.91 Å². The summed E-state index contributed by atoms with van der Waals surface area (Å²) < 4.78 is 1.70. The summed E-state index contributed by atoms with van der Waals surface area (Å²) in [6.45, 7) is 7.40. The topological polar surface area (TPSA) is 84.2 Å². The van der Waals surface area contributed by atoms with E-state index in [1.807, 2.05) is 40.9 Å². The monoisotopic (exact) mass is 279 g/mol. The maximum absolute atomic E-state index is 12.2. The number of carboxylic acid groups (broad SMARTS) is 1. The molecule has 0 aliphatic heterocycles. The minimum absolute atomic E-state index is 0.179. The van der Waals surface area contributed by atoms with E-state index in [-0.39, 0.29) is 11.9 Å². The lowest BCUT2D eigenvalue weighted by Crippen LogP contribution is -2.30. The van der Waals surface area contributed by atoms with Crippen molar-refractivity contribution in [3.05, 3.63) is 17.5 Å². The van der Waals surface area contributed by atoms with E-state index < -0.39 is 23.2 Å². The molecule has 0 radical (unpaired) electrons. The molecule has 0 bridgehead atoms. The molecule has 1 aliphatic carbocycles. The van der Waals surface area contributed by atoms with Crippen LogP contribution in [0.15, 0.2) is 6.20 Å². The molecule has 2 N–H and O–H groups in total. The number of aromatic nitrogens is 2. The summed E-state index contributed by atoms with van der Waals surface area (Å²) in [7, 11) is 1.83. The van der Waals surface area contributed by atoms with Gasteiger partial charge in [0.15, 0.2) is 0 Å². The molecule has 110 valence electrons. The fourth-order valence-electron chi connectivity index (χ4n) is 3.01. The lowest BCUT2D eigenvalue weighted by atomic mass is 10.1. The molecule has 1 aromatic heterocycles. The fourth-order valence-corrected chi connectivity index (χ4v) is 3.01. The molecule has 1 unspecified atom stereocenters. The van der Waals surface area contributed by atoms with Crippen LogP contribution in [0.25, 0.3) is 0 Å². The molecule has 1 saturated carbocycles. The number of amides is 1. The Morgan fingerprint density at radius 2 is 2.05 bits per heavy atom. The van der Waals surface area contributed by atoms with Gasteiger partial charge in [0.1, 0.15) is 0 Å². The number of aryl methyl sites for hydroxylation is 2. The van der Waals surface area contributed by atoms with Crippen LogP contribution in [0.1, 0.15) is 38.1 Å². The zero-order valence-corrected chi connectivity index (χ0v) is 12.5.